The fourth-order valence-electron chi connectivity index (χ4n) is 3.67. The van der Waals surface area contributed by atoms with Crippen molar-refractivity contribution in [2.75, 3.05) is 25.7 Å². The van der Waals surface area contributed by atoms with Gasteiger partial charge in [-0.1, -0.05) is 51.0 Å². The van der Waals surface area contributed by atoms with Gasteiger partial charge in [-0.15, -0.1) is 10.2 Å². The SMILES string of the molecule is CSc1nc(-c2ncc(Br)cc2F)nn1COCC[Si](C)(C)C.C[Si](C)(C)CCOCn1nc(-c2ncc(Br)cc2F)nc1S(C)(=O)=O. The molecule has 0 aliphatic rings. The lowest BCUT2D eigenvalue weighted by Crippen LogP contribution is -2.22. The van der Waals surface area contributed by atoms with Crippen molar-refractivity contribution in [2.45, 2.75) is 75.1 Å². The normalized spacial score (nSPS) is 12.2. The van der Waals surface area contributed by atoms with Gasteiger partial charge in [0.2, 0.25) is 26.6 Å². The van der Waals surface area contributed by atoms with Crippen LogP contribution in [0.3, 0.4) is 0 Å². The van der Waals surface area contributed by atoms with Crippen molar-refractivity contribution in [3.8, 4) is 23.0 Å². The first-order chi connectivity index (χ1) is 22.3. The number of sulfone groups is 1. The van der Waals surface area contributed by atoms with Crippen molar-refractivity contribution in [3.63, 3.8) is 0 Å². The molecular weight excluding hydrogens is 830 g/mol. The van der Waals surface area contributed by atoms with E-state index in [9.17, 15) is 17.2 Å². The predicted molar refractivity (Wildman–Crippen MR) is 195 cm³/mol. The van der Waals surface area contributed by atoms with Crippen LogP contribution in [0, 0.1) is 11.6 Å². The van der Waals surface area contributed by atoms with E-state index in [4.69, 9.17) is 9.47 Å². The van der Waals surface area contributed by atoms with Gasteiger partial charge in [-0.05, 0) is 62.3 Å². The van der Waals surface area contributed by atoms with Gasteiger partial charge >= 0.3 is 0 Å². The fraction of sp³-hybridized carbons (Fsp3) is 0.500. The molecule has 0 radical (unpaired) electrons. The molecule has 4 heterocycles. The van der Waals surface area contributed by atoms with Crippen molar-refractivity contribution in [3.05, 3.63) is 45.1 Å². The lowest BCUT2D eigenvalue weighted by atomic mass is 10.3. The minimum atomic E-state index is -3.65. The van der Waals surface area contributed by atoms with Crippen LogP contribution in [-0.4, -0.2) is 89.8 Å². The molecular formula is C28H40Br2F2N8O4S2Si2. The van der Waals surface area contributed by atoms with Crippen LogP contribution >= 0.6 is 43.6 Å². The molecule has 264 valence electrons. The summed E-state index contributed by atoms with van der Waals surface area (Å²) in [6.45, 7) is 15.0. The standard InChI is InChI=1S/C14H20BrFN4O3SSi.C14H20BrFN4OSSi/c1-24(21,22)14-18-13(12-11(16)7-10(15)8-17-12)19-20(14)9-23-5-6-25(2,3)4;1-22-14-18-13(12-11(16)7-10(15)8-17-12)19-20(14)9-21-5-6-23(2,3)4/h7-8H,5-6,9H2,1-4H3;7-8H,5-6,9H2,1-4H3. The van der Waals surface area contributed by atoms with Gasteiger partial charge < -0.3 is 9.47 Å². The molecule has 48 heavy (non-hydrogen) atoms. The van der Waals surface area contributed by atoms with Crippen LogP contribution in [0.4, 0.5) is 8.78 Å². The second-order valence-corrected chi connectivity index (χ2v) is 28.8. The molecule has 12 nitrogen and oxygen atoms in total. The van der Waals surface area contributed by atoms with Crippen LogP contribution in [0.2, 0.25) is 51.4 Å². The van der Waals surface area contributed by atoms with E-state index in [2.05, 4.69) is 101 Å². The Bertz CT molecular complexity index is 1800. The predicted octanol–water partition coefficient (Wildman–Crippen LogP) is 7.23. The first-order valence-corrected chi connectivity index (χ1v) is 26.8. The Labute approximate surface area is 303 Å². The Balaban J connectivity index is 0.000000261. The van der Waals surface area contributed by atoms with Crippen LogP contribution < -0.4 is 0 Å². The number of halogens is 4. The molecule has 0 bridgehead atoms. The van der Waals surface area contributed by atoms with Crippen molar-refractivity contribution in [1.82, 2.24) is 39.5 Å². The monoisotopic (exact) mass is 868 g/mol. The van der Waals surface area contributed by atoms with Gasteiger partial charge in [0.15, 0.2) is 16.8 Å². The largest absolute Gasteiger partial charge is 0.359 e. The maximum atomic E-state index is 14.1. The van der Waals surface area contributed by atoms with E-state index in [-0.39, 0.29) is 34.9 Å². The van der Waals surface area contributed by atoms with Crippen LogP contribution in [0.5, 0.6) is 0 Å². The van der Waals surface area contributed by atoms with Gasteiger partial charge in [0, 0.05) is 57.0 Å². The minimum Gasteiger partial charge on any atom is -0.359 e. The fourth-order valence-corrected chi connectivity index (χ4v) is 7.00. The smallest absolute Gasteiger partial charge is 0.248 e. The molecule has 0 amide bonds. The van der Waals surface area contributed by atoms with Crippen LogP contribution in [0.25, 0.3) is 23.0 Å². The maximum Gasteiger partial charge on any atom is 0.248 e. The van der Waals surface area contributed by atoms with Crippen LogP contribution in [0.15, 0.2) is 43.8 Å². The van der Waals surface area contributed by atoms with Gasteiger partial charge in [0.05, 0.1) is 0 Å². The number of ether oxygens (including phenoxy) is 2. The lowest BCUT2D eigenvalue weighted by Gasteiger charge is -2.15. The Kier molecular flexibility index (Phi) is 14.6. The van der Waals surface area contributed by atoms with E-state index in [0.717, 1.165) is 23.0 Å². The van der Waals surface area contributed by atoms with Gasteiger partial charge in [0.25, 0.3) is 0 Å². The molecule has 0 saturated heterocycles. The zero-order valence-electron chi connectivity index (χ0n) is 28.1. The number of nitrogens with zero attached hydrogens (tertiary/aromatic N) is 8. The molecule has 0 spiro atoms. The van der Waals surface area contributed by atoms with E-state index in [1.54, 1.807) is 4.68 Å². The molecule has 20 heteroatoms. The summed E-state index contributed by atoms with van der Waals surface area (Å²) >= 11 is 7.75. The van der Waals surface area contributed by atoms with E-state index in [0.29, 0.717) is 34.0 Å². The minimum absolute atomic E-state index is 0.0714. The Morgan fingerprint density at radius 3 is 1.65 bits per heavy atom. The molecule has 0 N–H and O–H groups in total. The van der Waals surface area contributed by atoms with E-state index in [1.165, 1.54) is 36.3 Å². The maximum absolute atomic E-state index is 14.1. The van der Waals surface area contributed by atoms with Gasteiger partial charge in [0.1, 0.15) is 24.8 Å². The number of hydrogen-bond donors (Lipinski definition) is 0. The molecule has 0 fully saturated rings. The zero-order valence-corrected chi connectivity index (χ0v) is 34.9. The highest BCUT2D eigenvalue weighted by Gasteiger charge is 2.23. The summed E-state index contributed by atoms with van der Waals surface area (Å²) in [6, 6.07) is 4.59. The summed E-state index contributed by atoms with van der Waals surface area (Å²) in [5.74, 6) is -0.928. The molecule has 4 aromatic heterocycles. The molecule has 0 atom stereocenters. The van der Waals surface area contributed by atoms with E-state index in [1.807, 2.05) is 6.26 Å². The second kappa shape index (κ2) is 17.3. The molecule has 0 saturated carbocycles. The average molecular weight is 871 g/mol. The summed E-state index contributed by atoms with van der Waals surface area (Å²) in [7, 11) is -6.02. The quantitative estimate of drug-likeness (QED) is 0.0721. The van der Waals surface area contributed by atoms with Crippen LogP contribution in [-0.2, 0) is 32.8 Å². The first kappa shape index (κ1) is 40.5. The number of hydrogen-bond acceptors (Lipinski definition) is 11. The Morgan fingerprint density at radius 2 is 1.23 bits per heavy atom. The number of rotatable bonds is 14. The van der Waals surface area contributed by atoms with Crippen LogP contribution in [0.1, 0.15) is 0 Å². The highest BCUT2D eigenvalue weighted by atomic mass is 79.9. The third-order valence-corrected chi connectivity index (χ3v) is 12.2. The van der Waals surface area contributed by atoms with Gasteiger partial charge in [-0.2, -0.15) is 9.97 Å². The third kappa shape index (κ3) is 12.7. The molecule has 4 rings (SSSR count). The summed E-state index contributed by atoms with van der Waals surface area (Å²) in [6.07, 6.45) is 5.84. The Morgan fingerprint density at radius 1 is 0.792 bits per heavy atom. The molecule has 0 aliphatic heterocycles. The topological polar surface area (TPSA) is 140 Å². The summed E-state index contributed by atoms with van der Waals surface area (Å²) in [4.78, 5) is 16.3. The molecule has 0 unspecified atom stereocenters. The Hall–Kier alpha value is -1.95. The second-order valence-electron chi connectivity index (χ2n) is 13.1. The van der Waals surface area contributed by atoms with Gasteiger partial charge in [-0.3, -0.25) is 0 Å². The zero-order chi connectivity index (χ0) is 35.9. The molecule has 4 aromatic rings. The summed E-state index contributed by atoms with van der Waals surface area (Å²) in [5, 5.41) is 8.80. The van der Waals surface area contributed by atoms with Crippen molar-refractivity contribution >= 4 is 69.6 Å². The van der Waals surface area contributed by atoms with Crippen molar-refractivity contribution in [2.24, 2.45) is 0 Å². The highest BCUT2D eigenvalue weighted by Crippen LogP contribution is 2.24. The third-order valence-electron chi connectivity index (χ3n) is 6.25. The first-order valence-electron chi connectivity index (χ1n) is 14.7. The van der Waals surface area contributed by atoms with Gasteiger partial charge in [-0.25, -0.2) is 36.5 Å². The van der Waals surface area contributed by atoms with E-state index >= 15 is 0 Å². The van der Waals surface area contributed by atoms with Crippen molar-refractivity contribution in [1.29, 1.82) is 0 Å². The molecule has 0 aliphatic carbocycles. The number of thioether (sulfide) groups is 1. The summed E-state index contributed by atoms with van der Waals surface area (Å²) < 4.78 is 67.0. The average Bonchev–Trinajstić information content (AvgIpc) is 3.57. The molecule has 0 aromatic carbocycles. The highest BCUT2D eigenvalue weighted by molar-refractivity contribution is 9.10. The number of pyridine rings is 2. The summed E-state index contributed by atoms with van der Waals surface area (Å²) in [5.41, 5.74) is 0.0262. The van der Waals surface area contributed by atoms with E-state index < -0.39 is 37.6 Å². The number of aromatic nitrogens is 8. The lowest BCUT2D eigenvalue weighted by molar-refractivity contribution is 0.0715. The van der Waals surface area contributed by atoms with Crippen molar-refractivity contribution < 1.29 is 26.7 Å².